The Bertz CT molecular complexity index is 891. The highest BCUT2D eigenvalue weighted by atomic mass is 16.5. The zero-order chi connectivity index (χ0) is 19.2. The molecule has 1 heterocycles. The first-order valence-corrected chi connectivity index (χ1v) is 9.13. The maximum absolute atomic E-state index is 5.19. The van der Waals surface area contributed by atoms with Gasteiger partial charge in [0.05, 0.1) is 7.11 Å². The molecular weight excluding hydrogens is 336 g/mol. The molecule has 0 spiro atoms. The zero-order valence-corrected chi connectivity index (χ0v) is 16.3. The maximum Gasteiger partial charge on any atom is 0.229 e. The predicted molar refractivity (Wildman–Crippen MR) is 111 cm³/mol. The molecule has 0 fully saturated rings. The fourth-order valence-corrected chi connectivity index (χ4v) is 2.91. The number of para-hydroxylation sites is 1. The highest BCUT2D eigenvalue weighted by molar-refractivity contribution is 5.64. The fourth-order valence-electron chi connectivity index (χ4n) is 2.91. The van der Waals surface area contributed by atoms with E-state index in [1.54, 1.807) is 13.3 Å². The minimum Gasteiger partial charge on any atom is -0.497 e. The summed E-state index contributed by atoms with van der Waals surface area (Å²) in [6.45, 7) is 7.16. The number of hydrogen-bond acceptors (Lipinski definition) is 5. The maximum atomic E-state index is 5.19. The van der Waals surface area contributed by atoms with E-state index in [4.69, 9.17) is 4.74 Å². The summed E-state index contributed by atoms with van der Waals surface area (Å²) in [6.07, 6.45) is 1.76. The number of aromatic nitrogens is 2. The Kier molecular flexibility index (Phi) is 5.91. The normalized spacial score (nSPS) is 10.7. The Morgan fingerprint density at radius 2 is 1.81 bits per heavy atom. The van der Waals surface area contributed by atoms with Crippen molar-refractivity contribution in [3.63, 3.8) is 0 Å². The topological polar surface area (TPSA) is 59.1 Å². The van der Waals surface area contributed by atoms with Gasteiger partial charge in [0.25, 0.3) is 0 Å². The molecule has 0 aliphatic heterocycles. The molecule has 0 atom stereocenters. The van der Waals surface area contributed by atoms with E-state index in [2.05, 4.69) is 59.6 Å². The van der Waals surface area contributed by atoms with E-state index in [1.165, 1.54) is 11.1 Å². The van der Waals surface area contributed by atoms with Crippen molar-refractivity contribution in [1.29, 1.82) is 0 Å². The molecule has 0 saturated carbocycles. The Hall–Kier alpha value is -3.08. The van der Waals surface area contributed by atoms with Crippen LogP contribution in [0.5, 0.6) is 5.75 Å². The van der Waals surface area contributed by atoms with Crippen LogP contribution in [0, 0.1) is 6.92 Å². The molecular formula is C22H26N4O. The average molecular weight is 362 g/mol. The highest BCUT2D eigenvalue weighted by Crippen LogP contribution is 2.29. The van der Waals surface area contributed by atoms with Crippen LogP contribution < -0.4 is 15.4 Å². The van der Waals surface area contributed by atoms with Crippen molar-refractivity contribution in [2.45, 2.75) is 33.2 Å². The number of methoxy groups -OCH3 is 1. The lowest BCUT2D eigenvalue weighted by atomic mass is 9.98. The second kappa shape index (κ2) is 8.54. The molecule has 0 aliphatic carbocycles. The van der Waals surface area contributed by atoms with Crippen molar-refractivity contribution in [3.05, 3.63) is 71.4 Å². The third-order valence-corrected chi connectivity index (χ3v) is 4.45. The van der Waals surface area contributed by atoms with E-state index >= 15 is 0 Å². The van der Waals surface area contributed by atoms with Gasteiger partial charge in [-0.25, -0.2) is 4.98 Å². The van der Waals surface area contributed by atoms with Gasteiger partial charge in [-0.1, -0.05) is 44.2 Å². The highest BCUT2D eigenvalue weighted by Gasteiger charge is 2.10. The third-order valence-electron chi connectivity index (χ3n) is 4.45. The Morgan fingerprint density at radius 1 is 1.04 bits per heavy atom. The molecule has 0 bridgehead atoms. The molecule has 3 aromatic rings. The molecule has 0 amide bonds. The molecule has 27 heavy (non-hydrogen) atoms. The van der Waals surface area contributed by atoms with Gasteiger partial charge in [0.2, 0.25) is 5.95 Å². The van der Waals surface area contributed by atoms with Gasteiger partial charge < -0.3 is 15.4 Å². The van der Waals surface area contributed by atoms with Gasteiger partial charge in [-0.2, -0.15) is 4.98 Å². The summed E-state index contributed by atoms with van der Waals surface area (Å²) >= 11 is 0. The molecule has 0 aliphatic rings. The summed E-state index contributed by atoms with van der Waals surface area (Å²) in [5.74, 6) is 2.64. The van der Waals surface area contributed by atoms with Crippen molar-refractivity contribution in [2.24, 2.45) is 0 Å². The molecule has 140 valence electrons. The summed E-state index contributed by atoms with van der Waals surface area (Å²) in [4.78, 5) is 8.98. The fraction of sp³-hybridized carbons (Fsp3) is 0.273. The lowest BCUT2D eigenvalue weighted by Crippen LogP contribution is -2.06. The van der Waals surface area contributed by atoms with Crippen LogP contribution >= 0.6 is 0 Å². The van der Waals surface area contributed by atoms with Gasteiger partial charge in [-0.15, -0.1) is 0 Å². The van der Waals surface area contributed by atoms with Crippen molar-refractivity contribution >= 4 is 17.5 Å². The van der Waals surface area contributed by atoms with Crippen molar-refractivity contribution < 1.29 is 4.74 Å². The lowest BCUT2D eigenvalue weighted by molar-refractivity contribution is 0.414. The van der Waals surface area contributed by atoms with E-state index in [1.807, 2.05) is 30.3 Å². The molecule has 0 unspecified atom stereocenters. The zero-order valence-electron chi connectivity index (χ0n) is 16.3. The first kappa shape index (κ1) is 18.7. The summed E-state index contributed by atoms with van der Waals surface area (Å²) in [5, 5.41) is 6.74. The van der Waals surface area contributed by atoms with E-state index in [0.29, 0.717) is 18.4 Å². The number of benzene rings is 2. The van der Waals surface area contributed by atoms with E-state index in [0.717, 1.165) is 22.8 Å². The molecule has 5 heteroatoms. The number of hydrogen-bond donors (Lipinski definition) is 2. The summed E-state index contributed by atoms with van der Waals surface area (Å²) in [6, 6.07) is 16.2. The van der Waals surface area contributed by atoms with Crippen LogP contribution in [0.1, 0.15) is 36.5 Å². The second-order valence-electron chi connectivity index (χ2n) is 6.79. The minimum absolute atomic E-state index is 0.420. The molecule has 1 aromatic heterocycles. The second-order valence-corrected chi connectivity index (χ2v) is 6.79. The minimum atomic E-state index is 0.420. The Balaban J connectivity index is 1.72. The van der Waals surface area contributed by atoms with Gasteiger partial charge in [0.1, 0.15) is 11.6 Å². The van der Waals surface area contributed by atoms with Crippen LogP contribution in [0.2, 0.25) is 0 Å². The quantitative estimate of drug-likeness (QED) is 0.599. The predicted octanol–water partition coefficient (Wildman–Crippen LogP) is 5.27. The van der Waals surface area contributed by atoms with Crippen molar-refractivity contribution in [2.75, 3.05) is 17.7 Å². The standard InChI is InChI=1S/C22H26N4O/c1-15(2)19-7-5-6-16(3)21(19)26-22-23-13-12-20(25-22)24-14-17-8-10-18(27-4)11-9-17/h5-13,15H,14H2,1-4H3,(H2,23,24,25,26). The van der Waals surface area contributed by atoms with Gasteiger partial charge in [0, 0.05) is 18.4 Å². The smallest absolute Gasteiger partial charge is 0.229 e. The molecule has 2 aromatic carbocycles. The van der Waals surface area contributed by atoms with Crippen LogP contribution in [-0.4, -0.2) is 17.1 Å². The van der Waals surface area contributed by atoms with Gasteiger partial charge in [-0.05, 0) is 47.7 Å². The molecule has 5 nitrogen and oxygen atoms in total. The first-order chi connectivity index (χ1) is 13.1. The Labute approximate surface area is 160 Å². The average Bonchev–Trinajstić information content (AvgIpc) is 2.68. The number of nitrogens with one attached hydrogen (secondary N) is 2. The third kappa shape index (κ3) is 4.76. The van der Waals surface area contributed by atoms with Gasteiger partial charge in [0.15, 0.2) is 0 Å². The molecule has 0 radical (unpaired) electrons. The van der Waals surface area contributed by atoms with Crippen molar-refractivity contribution in [3.8, 4) is 5.75 Å². The largest absolute Gasteiger partial charge is 0.497 e. The number of anilines is 3. The van der Waals surface area contributed by atoms with Crippen molar-refractivity contribution in [1.82, 2.24) is 9.97 Å². The summed E-state index contributed by atoms with van der Waals surface area (Å²) in [7, 11) is 1.67. The summed E-state index contributed by atoms with van der Waals surface area (Å²) in [5.41, 5.74) is 4.68. The van der Waals surface area contributed by atoms with Crippen LogP contribution in [0.15, 0.2) is 54.7 Å². The number of rotatable bonds is 7. The molecule has 3 rings (SSSR count). The van der Waals surface area contributed by atoms with Crippen LogP contribution in [-0.2, 0) is 6.54 Å². The van der Waals surface area contributed by atoms with Gasteiger partial charge >= 0.3 is 0 Å². The first-order valence-electron chi connectivity index (χ1n) is 9.13. The van der Waals surface area contributed by atoms with Crippen LogP contribution in [0.25, 0.3) is 0 Å². The number of aryl methyl sites for hydroxylation is 1. The lowest BCUT2D eigenvalue weighted by Gasteiger charge is -2.16. The van der Waals surface area contributed by atoms with E-state index < -0.39 is 0 Å². The van der Waals surface area contributed by atoms with Gasteiger partial charge in [-0.3, -0.25) is 0 Å². The van der Waals surface area contributed by atoms with Crippen LogP contribution in [0.4, 0.5) is 17.5 Å². The Morgan fingerprint density at radius 3 is 2.52 bits per heavy atom. The summed E-state index contributed by atoms with van der Waals surface area (Å²) < 4.78 is 5.19. The molecule has 2 N–H and O–H groups in total. The van der Waals surface area contributed by atoms with E-state index in [-0.39, 0.29) is 0 Å². The van der Waals surface area contributed by atoms with E-state index in [9.17, 15) is 0 Å². The molecule has 0 saturated heterocycles. The SMILES string of the molecule is COc1ccc(CNc2ccnc(Nc3c(C)cccc3C(C)C)n2)cc1. The number of ether oxygens (including phenoxy) is 1. The number of nitrogens with zero attached hydrogens (tertiary/aromatic N) is 2. The van der Waals surface area contributed by atoms with Crippen LogP contribution in [0.3, 0.4) is 0 Å². The monoisotopic (exact) mass is 362 g/mol.